The number of hydrogen-bond donors (Lipinski definition) is 1. The Labute approximate surface area is 159 Å². The van der Waals surface area contributed by atoms with Crippen LogP contribution in [0.1, 0.15) is 23.1 Å². The summed E-state index contributed by atoms with van der Waals surface area (Å²) >= 11 is 5.90. The molecule has 1 amide bonds. The number of halogens is 1. The van der Waals surface area contributed by atoms with Gasteiger partial charge in [0.05, 0.1) is 5.75 Å². The standard InChI is InChI=1S/C19H21ClN2O3S/c1-14-12-17(20)6-7-18(14)21-19(23)9-11-26(24,25)22-10-8-15-4-2-3-5-16(15)13-22/h2-7,12H,8-11,13H2,1H3,(H,21,23). The number of amides is 1. The van der Waals surface area contributed by atoms with Crippen molar-refractivity contribution in [2.45, 2.75) is 26.3 Å². The molecule has 1 N–H and O–H groups in total. The zero-order valence-electron chi connectivity index (χ0n) is 14.5. The van der Waals surface area contributed by atoms with Crippen LogP contribution in [-0.2, 0) is 27.8 Å². The number of carbonyl (C=O) groups is 1. The molecule has 7 heteroatoms. The highest BCUT2D eigenvalue weighted by atomic mass is 35.5. The van der Waals surface area contributed by atoms with Crippen LogP contribution in [0.4, 0.5) is 5.69 Å². The number of benzene rings is 2. The monoisotopic (exact) mass is 392 g/mol. The fraction of sp³-hybridized carbons (Fsp3) is 0.316. The van der Waals surface area contributed by atoms with Crippen molar-refractivity contribution in [2.75, 3.05) is 17.6 Å². The zero-order chi connectivity index (χ0) is 18.7. The van der Waals surface area contributed by atoms with E-state index < -0.39 is 10.0 Å². The summed E-state index contributed by atoms with van der Waals surface area (Å²) in [6, 6.07) is 13.0. The van der Waals surface area contributed by atoms with Crippen molar-refractivity contribution in [3.63, 3.8) is 0 Å². The summed E-state index contributed by atoms with van der Waals surface area (Å²) in [5.41, 5.74) is 3.70. The van der Waals surface area contributed by atoms with Crippen LogP contribution in [0, 0.1) is 6.92 Å². The van der Waals surface area contributed by atoms with Gasteiger partial charge in [0.15, 0.2) is 0 Å². The zero-order valence-corrected chi connectivity index (χ0v) is 16.1. The maximum atomic E-state index is 12.6. The third kappa shape index (κ3) is 4.44. The molecule has 26 heavy (non-hydrogen) atoms. The number of anilines is 1. The molecular formula is C19H21ClN2O3S. The number of rotatable bonds is 5. The predicted molar refractivity (Wildman–Crippen MR) is 104 cm³/mol. The van der Waals surface area contributed by atoms with Gasteiger partial charge in [0.2, 0.25) is 15.9 Å². The molecule has 1 aliphatic rings. The Morgan fingerprint density at radius 3 is 2.65 bits per heavy atom. The lowest BCUT2D eigenvalue weighted by Gasteiger charge is -2.28. The van der Waals surface area contributed by atoms with Crippen LogP contribution in [0.25, 0.3) is 0 Å². The minimum Gasteiger partial charge on any atom is -0.326 e. The van der Waals surface area contributed by atoms with Gasteiger partial charge in [0, 0.05) is 30.2 Å². The van der Waals surface area contributed by atoms with E-state index in [1.165, 1.54) is 9.87 Å². The Morgan fingerprint density at radius 2 is 1.92 bits per heavy atom. The highest BCUT2D eigenvalue weighted by Gasteiger charge is 2.27. The van der Waals surface area contributed by atoms with E-state index in [1.807, 2.05) is 31.2 Å². The van der Waals surface area contributed by atoms with Gasteiger partial charge in [-0.2, -0.15) is 4.31 Å². The first-order chi connectivity index (χ1) is 12.3. The largest absolute Gasteiger partial charge is 0.326 e. The van der Waals surface area contributed by atoms with Gasteiger partial charge in [-0.1, -0.05) is 35.9 Å². The molecule has 0 bridgehead atoms. The molecule has 1 heterocycles. The lowest BCUT2D eigenvalue weighted by atomic mass is 10.0. The van der Waals surface area contributed by atoms with Gasteiger partial charge in [-0.3, -0.25) is 4.79 Å². The summed E-state index contributed by atoms with van der Waals surface area (Å²) in [6.07, 6.45) is 0.619. The summed E-state index contributed by atoms with van der Waals surface area (Å²) in [6.45, 7) is 2.66. The minimum absolute atomic E-state index is 0.0808. The van der Waals surface area contributed by atoms with Crippen molar-refractivity contribution in [2.24, 2.45) is 0 Å². The second-order valence-electron chi connectivity index (χ2n) is 6.43. The van der Waals surface area contributed by atoms with Crippen molar-refractivity contribution >= 4 is 33.2 Å². The van der Waals surface area contributed by atoms with E-state index in [0.717, 1.165) is 11.1 Å². The number of sulfonamides is 1. The summed E-state index contributed by atoms with van der Waals surface area (Å²) in [5, 5.41) is 3.34. The van der Waals surface area contributed by atoms with E-state index in [4.69, 9.17) is 11.6 Å². The average Bonchev–Trinajstić information content (AvgIpc) is 2.62. The first-order valence-corrected chi connectivity index (χ1v) is 10.4. The van der Waals surface area contributed by atoms with Crippen molar-refractivity contribution in [1.29, 1.82) is 0 Å². The van der Waals surface area contributed by atoms with Gasteiger partial charge in [0.1, 0.15) is 0 Å². The summed E-state index contributed by atoms with van der Waals surface area (Å²) < 4.78 is 26.7. The van der Waals surface area contributed by atoms with Crippen LogP contribution in [0.3, 0.4) is 0 Å². The molecule has 1 aliphatic heterocycles. The summed E-state index contributed by atoms with van der Waals surface area (Å²) in [7, 11) is -3.48. The van der Waals surface area contributed by atoms with E-state index >= 15 is 0 Å². The van der Waals surface area contributed by atoms with Crippen molar-refractivity contribution in [3.8, 4) is 0 Å². The summed E-state index contributed by atoms with van der Waals surface area (Å²) in [4.78, 5) is 12.2. The van der Waals surface area contributed by atoms with E-state index in [2.05, 4.69) is 5.32 Å². The molecule has 0 aromatic heterocycles. The third-order valence-corrected chi connectivity index (χ3v) is 6.59. The molecule has 2 aromatic carbocycles. The van der Waals surface area contributed by atoms with Gasteiger partial charge in [0.25, 0.3) is 0 Å². The molecule has 0 fully saturated rings. The minimum atomic E-state index is -3.48. The second-order valence-corrected chi connectivity index (χ2v) is 8.95. The van der Waals surface area contributed by atoms with E-state index in [-0.39, 0.29) is 18.1 Å². The summed E-state index contributed by atoms with van der Waals surface area (Å²) in [5.74, 6) is -0.524. The van der Waals surface area contributed by atoms with Crippen molar-refractivity contribution in [3.05, 3.63) is 64.2 Å². The van der Waals surface area contributed by atoms with E-state index in [9.17, 15) is 13.2 Å². The lowest BCUT2D eigenvalue weighted by Crippen LogP contribution is -2.38. The number of aryl methyl sites for hydroxylation is 1. The highest BCUT2D eigenvalue weighted by molar-refractivity contribution is 7.89. The van der Waals surface area contributed by atoms with Crippen LogP contribution in [0.15, 0.2) is 42.5 Å². The molecule has 2 aromatic rings. The number of fused-ring (bicyclic) bond motifs is 1. The van der Waals surface area contributed by atoms with Gasteiger partial charge in [-0.25, -0.2) is 8.42 Å². The quantitative estimate of drug-likeness (QED) is 0.848. The first-order valence-electron chi connectivity index (χ1n) is 8.46. The van der Waals surface area contributed by atoms with Crippen molar-refractivity contribution < 1.29 is 13.2 Å². The number of carbonyl (C=O) groups excluding carboxylic acids is 1. The highest BCUT2D eigenvalue weighted by Crippen LogP contribution is 2.22. The maximum Gasteiger partial charge on any atom is 0.225 e. The normalized spacial score (nSPS) is 14.7. The maximum absolute atomic E-state index is 12.6. The molecule has 0 radical (unpaired) electrons. The number of hydrogen-bond acceptors (Lipinski definition) is 3. The van der Waals surface area contributed by atoms with Gasteiger partial charge < -0.3 is 5.32 Å². The topological polar surface area (TPSA) is 66.5 Å². The molecule has 5 nitrogen and oxygen atoms in total. The van der Waals surface area contributed by atoms with E-state index in [1.54, 1.807) is 18.2 Å². The van der Waals surface area contributed by atoms with Crippen LogP contribution in [-0.4, -0.2) is 30.9 Å². The molecular weight excluding hydrogens is 372 g/mol. The van der Waals surface area contributed by atoms with Gasteiger partial charge in [-0.05, 0) is 48.2 Å². The van der Waals surface area contributed by atoms with Gasteiger partial charge in [-0.15, -0.1) is 0 Å². The van der Waals surface area contributed by atoms with Gasteiger partial charge >= 0.3 is 0 Å². The van der Waals surface area contributed by atoms with E-state index in [0.29, 0.717) is 30.2 Å². The molecule has 0 saturated carbocycles. The Hall–Kier alpha value is -1.89. The van der Waals surface area contributed by atoms with Crippen LogP contribution < -0.4 is 5.32 Å². The third-order valence-electron chi connectivity index (χ3n) is 4.54. The van der Waals surface area contributed by atoms with Crippen LogP contribution in [0.5, 0.6) is 0 Å². The smallest absolute Gasteiger partial charge is 0.225 e. The van der Waals surface area contributed by atoms with Crippen LogP contribution in [0.2, 0.25) is 5.02 Å². The van der Waals surface area contributed by atoms with Crippen molar-refractivity contribution in [1.82, 2.24) is 4.31 Å². The molecule has 0 unspecified atom stereocenters. The fourth-order valence-electron chi connectivity index (χ4n) is 3.04. The molecule has 0 atom stereocenters. The molecule has 0 saturated heterocycles. The Bertz CT molecular complexity index is 928. The average molecular weight is 393 g/mol. The Balaban J connectivity index is 1.59. The Kier molecular flexibility index (Phi) is 5.65. The first kappa shape index (κ1) is 18.9. The number of nitrogens with zero attached hydrogens (tertiary/aromatic N) is 1. The predicted octanol–water partition coefficient (Wildman–Crippen LogP) is 3.37. The lowest BCUT2D eigenvalue weighted by molar-refractivity contribution is -0.115. The van der Waals surface area contributed by atoms with Crippen LogP contribution >= 0.6 is 11.6 Å². The molecule has 138 valence electrons. The molecule has 0 aliphatic carbocycles. The number of nitrogens with one attached hydrogen (secondary N) is 1. The SMILES string of the molecule is Cc1cc(Cl)ccc1NC(=O)CCS(=O)(=O)N1CCc2ccccc2C1. The molecule has 0 spiro atoms. The molecule has 3 rings (SSSR count). The fourth-order valence-corrected chi connectivity index (χ4v) is 4.67. The second kappa shape index (κ2) is 7.78. The Morgan fingerprint density at radius 1 is 1.19 bits per heavy atom.